The molecule has 0 aliphatic heterocycles. The van der Waals surface area contributed by atoms with Crippen LogP contribution in [0.3, 0.4) is 0 Å². The number of hydrogen-bond donors (Lipinski definition) is 0. The van der Waals surface area contributed by atoms with Gasteiger partial charge in [-0.05, 0) is 17.5 Å². The van der Waals surface area contributed by atoms with Crippen LogP contribution in [0.4, 0.5) is 0 Å². The lowest BCUT2D eigenvalue weighted by atomic mass is 9.93. The topological polar surface area (TPSA) is 43.4 Å². The van der Waals surface area contributed by atoms with E-state index in [1.54, 1.807) is 0 Å². The second kappa shape index (κ2) is 6.68. The lowest BCUT2D eigenvalue weighted by Gasteiger charge is -2.17. The van der Waals surface area contributed by atoms with Crippen LogP contribution in [0.15, 0.2) is 60.7 Å². The van der Waals surface area contributed by atoms with Crippen LogP contribution in [-0.2, 0) is 20.7 Å². The fourth-order valence-electron chi connectivity index (χ4n) is 2.10. The molecule has 2 aromatic rings. The van der Waals surface area contributed by atoms with E-state index >= 15 is 0 Å². The minimum atomic E-state index is -3.42. The van der Waals surface area contributed by atoms with Gasteiger partial charge in [0.1, 0.15) is 0 Å². The largest absolute Gasteiger partial charge is 0.270 e. The zero-order valence-electron chi connectivity index (χ0n) is 11.4. The lowest BCUT2D eigenvalue weighted by molar-refractivity contribution is 0.293. The molecule has 20 heavy (non-hydrogen) atoms. The van der Waals surface area contributed by atoms with Crippen molar-refractivity contribution < 1.29 is 12.6 Å². The standard InChI is InChI=1S/C16H18O3S/c1-20(17,18)19-13-16(15-10-6-3-7-11-15)12-14-8-4-2-5-9-14/h2-11,16H,12-13H2,1H3. The summed E-state index contributed by atoms with van der Waals surface area (Å²) in [6.45, 7) is 0.164. The smallest absolute Gasteiger partial charge is 0.264 e. The molecule has 0 bridgehead atoms. The van der Waals surface area contributed by atoms with E-state index in [4.69, 9.17) is 4.18 Å². The molecule has 0 aromatic heterocycles. The molecule has 2 rings (SSSR count). The lowest BCUT2D eigenvalue weighted by Crippen LogP contribution is -2.14. The van der Waals surface area contributed by atoms with Crippen molar-refractivity contribution in [2.24, 2.45) is 0 Å². The molecule has 0 fully saturated rings. The van der Waals surface area contributed by atoms with E-state index in [-0.39, 0.29) is 12.5 Å². The van der Waals surface area contributed by atoms with Gasteiger partial charge < -0.3 is 0 Å². The van der Waals surface area contributed by atoms with Crippen molar-refractivity contribution in [3.8, 4) is 0 Å². The molecule has 0 amide bonds. The molecular formula is C16H18O3S. The molecular weight excluding hydrogens is 272 g/mol. The Balaban J connectivity index is 2.16. The summed E-state index contributed by atoms with van der Waals surface area (Å²) < 4.78 is 27.4. The third-order valence-corrected chi connectivity index (χ3v) is 3.64. The van der Waals surface area contributed by atoms with Gasteiger partial charge in [-0.1, -0.05) is 60.7 Å². The Kier molecular flexibility index (Phi) is 4.93. The predicted octanol–water partition coefficient (Wildman–Crippen LogP) is 2.99. The monoisotopic (exact) mass is 290 g/mol. The molecule has 0 spiro atoms. The molecule has 0 N–H and O–H groups in total. The van der Waals surface area contributed by atoms with Crippen LogP contribution in [0.2, 0.25) is 0 Å². The van der Waals surface area contributed by atoms with Crippen molar-refractivity contribution in [1.82, 2.24) is 0 Å². The van der Waals surface area contributed by atoms with E-state index in [2.05, 4.69) is 0 Å². The summed E-state index contributed by atoms with van der Waals surface area (Å²) in [6, 6.07) is 19.9. The molecule has 2 aromatic carbocycles. The van der Waals surface area contributed by atoms with Crippen LogP contribution in [0.1, 0.15) is 17.0 Å². The second-order valence-electron chi connectivity index (χ2n) is 4.79. The summed E-state index contributed by atoms with van der Waals surface area (Å²) in [5, 5.41) is 0. The van der Waals surface area contributed by atoms with Crippen molar-refractivity contribution >= 4 is 10.1 Å². The van der Waals surface area contributed by atoms with Gasteiger partial charge >= 0.3 is 0 Å². The van der Waals surface area contributed by atoms with Gasteiger partial charge in [-0.2, -0.15) is 8.42 Å². The molecule has 0 aliphatic carbocycles. The van der Waals surface area contributed by atoms with E-state index in [9.17, 15) is 8.42 Å². The van der Waals surface area contributed by atoms with Crippen molar-refractivity contribution in [3.63, 3.8) is 0 Å². The van der Waals surface area contributed by atoms with E-state index < -0.39 is 10.1 Å². The summed E-state index contributed by atoms with van der Waals surface area (Å²) in [7, 11) is -3.42. The van der Waals surface area contributed by atoms with Crippen molar-refractivity contribution in [2.45, 2.75) is 12.3 Å². The van der Waals surface area contributed by atoms with Gasteiger partial charge in [0.2, 0.25) is 0 Å². The molecule has 3 nitrogen and oxygen atoms in total. The van der Waals surface area contributed by atoms with Crippen molar-refractivity contribution in [3.05, 3.63) is 71.8 Å². The van der Waals surface area contributed by atoms with Gasteiger partial charge in [0.05, 0.1) is 12.9 Å². The quantitative estimate of drug-likeness (QED) is 0.768. The van der Waals surface area contributed by atoms with Crippen molar-refractivity contribution in [2.75, 3.05) is 12.9 Å². The molecule has 4 heteroatoms. The molecule has 0 saturated heterocycles. The fourth-order valence-corrected chi connectivity index (χ4v) is 2.51. The molecule has 0 heterocycles. The maximum Gasteiger partial charge on any atom is 0.264 e. The highest BCUT2D eigenvalue weighted by molar-refractivity contribution is 7.85. The summed E-state index contributed by atoms with van der Waals surface area (Å²) in [5.74, 6) is 0.0216. The Morgan fingerprint density at radius 2 is 1.50 bits per heavy atom. The summed E-state index contributed by atoms with van der Waals surface area (Å²) in [6.07, 6.45) is 1.83. The van der Waals surface area contributed by atoms with Gasteiger partial charge in [-0.15, -0.1) is 0 Å². The van der Waals surface area contributed by atoms with Crippen LogP contribution < -0.4 is 0 Å². The molecule has 0 aliphatic rings. The van der Waals surface area contributed by atoms with E-state index in [1.807, 2.05) is 60.7 Å². The van der Waals surface area contributed by atoms with E-state index in [1.165, 1.54) is 5.56 Å². The third kappa shape index (κ3) is 4.79. The first-order chi connectivity index (χ1) is 9.54. The van der Waals surface area contributed by atoms with Gasteiger partial charge in [-0.25, -0.2) is 0 Å². The highest BCUT2D eigenvalue weighted by Crippen LogP contribution is 2.21. The maximum absolute atomic E-state index is 11.2. The molecule has 1 atom stereocenters. The number of benzene rings is 2. The summed E-state index contributed by atoms with van der Waals surface area (Å²) in [4.78, 5) is 0. The van der Waals surface area contributed by atoms with Crippen LogP contribution in [0.5, 0.6) is 0 Å². The van der Waals surface area contributed by atoms with Crippen molar-refractivity contribution in [1.29, 1.82) is 0 Å². The van der Waals surface area contributed by atoms with Gasteiger partial charge in [0, 0.05) is 5.92 Å². The first-order valence-electron chi connectivity index (χ1n) is 6.48. The van der Waals surface area contributed by atoms with Gasteiger partial charge in [0.15, 0.2) is 0 Å². The normalized spacial score (nSPS) is 13.1. The minimum Gasteiger partial charge on any atom is -0.270 e. The Morgan fingerprint density at radius 3 is 2.05 bits per heavy atom. The highest BCUT2D eigenvalue weighted by atomic mass is 32.2. The first-order valence-corrected chi connectivity index (χ1v) is 8.29. The van der Waals surface area contributed by atoms with E-state index in [0.29, 0.717) is 0 Å². The fraction of sp³-hybridized carbons (Fsp3) is 0.250. The zero-order chi connectivity index (χ0) is 14.4. The Labute approximate surface area is 120 Å². The second-order valence-corrected chi connectivity index (χ2v) is 6.43. The summed E-state index contributed by atoms with van der Waals surface area (Å²) in [5.41, 5.74) is 2.25. The molecule has 0 radical (unpaired) electrons. The van der Waals surface area contributed by atoms with Crippen LogP contribution in [0.25, 0.3) is 0 Å². The molecule has 106 valence electrons. The van der Waals surface area contributed by atoms with Crippen LogP contribution in [-0.4, -0.2) is 21.3 Å². The minimum absolute atomic E-state index is 0.0216. The SMILES string of the molecule is CS(=O)(=O)OCC(Cc1ccccc1)c1ccccc1. The molecule has 0 saturated carbocycles. The maximum atomic E-state index is 11.2. The van der Waals surface area contributed by atoms with E-state index in [0.717, 1.165) is 18.2 Å². The van der Waals surface area contributed by atoms with Crippen LogP contribution in [0, 0.1) is 0 Å². The molecule has 1 unspecified atom stereocenters. The Hall–Kier alpha value is -1.65. The average Bonchev–Trinajstić information content (AvgIpc) is 2.44. The predicted molar refractivity (Wildman–Crippen MR) is 80.1 cm³/mol. The number of hydrogen-bond acceptors (Lipinski definition) is 3. The first kappa shape index (κ1) is 14.8. The third-order valence-electron chi connectivity index (χ3n) is 3.08. The number of rotatable bonds is 6. The average molecular weight is 290 g/mol. The Bertz CT molecular complexity index is 621. The van der Waals surface area contributed by atoms with Gasteiger partial charge in [-0.3, -0.25) is 4.18 Å². The highest BCUT2D eigenvalue weighted by Gasteiger charge is 2.15. The van der Waals surface area contributed by atoms with Gasteiger partial charge in [0.25, 0.3) is 10.1 Å². The van der Waals surface area contributed by atoms with Crippen LogP contribution >= 0.6 is 0 Å². The Morgan fingerprint density at radius 1 is 0.950 bits per heavy atom. The summed E-state index contributed by atoms with van der Waals surface area (Å²) >= 11 is 0. The zero-order valence-corrected chi connectivity index (χ0v) is 12.2.